The van der Waals surface area contributed by atoms with E-state index >= 15 is 0 Å². The highest BCUT2D eigenvalue weighted by atomic mass is 16.5. The van der Waals surface area contributed by atoms with Crippen LogP contribution in [0, 0.1) is 18.3 Å². The summed E-state index contributed by atoms with van der Waals surface area (Å²) in [7, 11) is 3.67. The van der Waals surface area contributed by atoms with Gasteiger partial charge in [0.2, 0.25) is 0 Å². The smallest absolute Gasteiger partial charge is 0.355 e. The zero-order valence-electron chi connectivity index (χ0n) is 16.5. The lowest BCUT2D eigenvalue weighted by Crippen LogP contribution is -2.11. The number of nitriles is 1. The quantitative estimate of drug-likeness (QED) is 0.655. The fourth-order valence-corrected chi connectivity index (χ4v) is 3.32. The molecule has 5 heteroatoms. The minimum absolute atomic E-state index is 0.284. The molecular formula is C23H23N3O2. The summed E-state index contributed by atoms with van der Waals surface area (Å²) >= 11 is 0. The maximum atomic E-state index is 12.5. The van der Waals surface area contributed by atoms with Gasteiger partial charge in [-0.25, -0.2) is 4.79 Å². The highest BCUT2D eigenvalue weighted by molar-refractivity contribution is 5.98. The highest BCUT2D eigenvalue weighted by Gasteiger charge is 2.25. The summed E-state index contributed by atoms with van der Waals surface area (Å²) in [5.74, 6) is -0.420. The molecule has 1 aromatic heterocycles. The van der Waals surface area contributed by atoms with Crippen LogP contribution >= 0.6 is 0 Å². The van der Waals surface area contributed by atoms with Crippen molar-refractivity contribution in [3.05, 3.63) is 65.5 Å². The molecule has 0 saturated carbocycles. The van der Waals surface area contributed by atoms with Crippen LogP contribution in [0.5, 0.6) is 0 Å². The van der Waals surface area contributed by atoms with Crippen molar-refractivity contribution >= 4 is 11.7 Å². The zero-order valence-corrected chi connectivity index (χ0v) is 16.5. The summed E-state index contributed by atoms with van der Waals surface area (Å²) < 4.78 is 6.96. The summed E-state index contributed by atoms with van der Waals surface area (Å²) in [5, 5.41) is 12.8. The largest absolute Gasteiger partial charge is 0.461 e. The predicted molar refractivity (Wildman–Crippen MR) is 111 cm³/mol. The van der Waals surface area contributed by atoms with Crippen LogP contribution in [0.4, 0.5) is 5.69 Å². The van der Waals surface area contributed by atoms with Gasteiger partial charge in [-0.05, 0) is 42.7 Å². The number of esters is 1. The van der Waals surface area contributed by atoms with Gasteiger partial charge >= 0.3 is 5.97 Å². The van der Waals surface area contributed by atoms with E-state index in [-0.39, 0.29) is 6.61 Å². The van der Waals surface area contributed by atoms with Crippen LogP contribution in [0.15, 0.2) is 48.5 Å². The Hall–Kier alpha value is -3.52. The molecule has 0 aliphatic heterocycles. The SMILES string of the molecule is CCOC(=O)c1c(-c2ccc(-c3ccc(NC)cc3)cc2)c(C#N)c(C)n1C. The van der Waals surface area contributed by atoms with Crippen molar-refractivity contribution in [1.82, 2.24) is 4.57 Å². The maximum Gasteiger partial charge on any atom is 0.355 e. The van der Waals surface area contributed by atoms with Crippen LogP contribution in [0.3, 0.4) is 0 Å². The normalized spacial score (nSPS) is 10.4. The van der Waals surface area contributed by atoms with Crippen molar-refractivity contribution < 1.29 is 9.53 Å². The molecule has 28 heavy (non-hydrogen) atoms. The van der Waals surface area contributed by atoms with Crippen LogP contribution in [-0.2, 0) is 11.8 Å². The standard InChI is InChI=1S/C23H23N3O2/c1-5-28-23(27)22-21(20(14-24)15(2)26(22)4)18-8-6-16(7-9-18)17-10-12-19(25-3)13-11-17/h6-13,25H,5H2,1-4H3. The molecule has 0 spiro atoms. The van der Waals surface area contributed by atoms with Gasteiger partial charge in [-0.2, -0.15) is 5.26 Å². The van der Waals surface area contributed by atoms with E-state index in [1.54, 1.807) is 18.5 Å². The van der Waals surface area contributed by atoms with E-state index in [1.165, 1.54) is 0 Å². The maximum absolute atomic E-state index is 12.5. The minimum Gasteiger partial charge on any atom is -0.461 e. The summed E-state index contributed by atoms with van der Waals surface area (Å²) in [4.78, 5) is 12.5. The Labute approximate surface area is 165 Å². The third-order valence-corrected chi connectivity index (χ3v) is 4.95. The van der Waals surface area contributed by atoms with E-state index < -0.39 is 5.97 Å². The number of hydrogen-bond acceptors (Lipinski definition) is 4. The number of aromatic nitrogens is 1. The van der Waals surface area contributed by atoms with Crippen molar-refractivity contribution in [2.75, 3.05) is 19.0 Å². The molecule has 0 aliphatic carbocycles. The number of hydrogen-bond donors (Lipinski definition) is 1. The molecule has 1 heterocycles. The van der Waals surface area contributed by atoms with Crippen molar-refractivity contribution in [3.8, 4) is 28.3 Å². The third-order valence-electron chi connectivity index (χ3n) is 4.95. The lowest BCUT2D eigenvalue weighted by Gasteiger charge is -2.09. The average molecular weight is 373 g/mol. The molecular weight excluding hydrogens is 350 g/mol. The number of ether oxygens (including phenoxy) is 1. The van der Waals surface area contributed by atoms with Crippen molar-refractivity contribution in [2.24, 2.45) is 7.05 Å². The molecule has 5 nitrogen and oxygen atoms in total. The summed E-state index contributed by atoms with van der Waals surface area (Å²) in [5.41, 5.74) is 6.30. The summed E-state index contributed by atoms with van der Waals surface area (Å²) in [6.45, 7) is 3.89. The van der Waals surface area contributed by atoms with Gasteiger partial charge in [-0.3, -0.25) is 0 Å². The van der Waals surface area contributed by atoms with Gasteiger partial charge < -0.3 is 14.6 Å². The molecule has 0 bridgehead atoms. The van der Waals surface area contributed by atoms with Gasteiger partial charge in [0.1, 0.15) is 11.8 Å². The molecule has 1 N–H and O–H groups in total. The molecule has 0 unspecified atom stereocenters. The molecule has 0 atom stereocenters. The Kier molecular flexibility index (Phi) is 5.51. The number of benzene rings is 2. The van der Waals surface area contributed by atoms with Crippen LogP contribution in [0.1, 0.15) is 28.7 Å². The molecule has 0 saturated heterocycles. The first-order valence-corrected chi connectivity index (χ1v) is 9.16. The minimum atomic E-state index is -0.420. The Morgan fingerprint density at radius 2 is 1.61 bits per heavy atom. The lowest BCUT2D eigenvalue weighted by molar-refractivity contribution is 0.0516. The predicted octanol–water partition coefficient (Wildman–Crippen LogP) is 4.76. The Balaban J connectivity index is 2.07. The van der Waals surface area contributed by atoms with E-state index in [4.69, 9.17) is 4.74 Å². The second-order valence-electron chi connectivity index (χ2n) is 6.48. The highest BCUT2D eigenvalue weighted by Crippen LogP contribution is 2.34. The van der Waals surface area contributed by atoms with Crippen LogP contribution in [0.2, 0.25) is 0 Å². The monoisotopic (exact) mass is 373 g/mol. The Morgan fingerprint density at radius 1 is 1.07 bits per heavy atom. The van der Waals surface area contributed by atoms with E-state index in [0.29, 0.717) is 16.8 Å². The second kappa shape index (κ2) is 8.01. The summed E-state index contributed by atoms with van der Waals surface area (Å²) in [6.07, 6.45) is 0. The average Bonchev–Trinajstić information content (AvgIpc) is 2.98. The molecule has 142 valence electrons. The molecule has 3 aromatic rings. The van der Waals surface area contributed by atoms with Crippen molar-refractivity contribution in [2.45, 2.75) is 13.8 Å². The third kappa shape index (κ3) is 3.37. The van der Waals surface area contributed by atoms with Crippen LogP contribution < -0.4 is 5.32 Å². The molecule has 2 aromatic carbocycles. The van der Waals surface area contributed by atoms with E-state index in [0.717, 1.165) is 28.1 Å². The molecule has 0 aliphatic rings. The summed E-state index contributed by atoms with van der Waals surface area (Å²) in [6, 6.07) is 18.3. The number of rotatable bonds is 5. The molecule has 0 fully saturated rings. The Bertz CT molecular complexity index is 1040. The molecule has 0 amide bonds. The van der Waals surface area contributed by atoms with E-state index in [1.807, 2.05) is 50.4 Å². The van der Waals surface area contributed by atoms with Gasteiger partial charge in [-0.15, -0.1) is 0 Å². The number of nitrogens with zero attached hydrogens (tertiary/aromatic N) is 2. The van der Waals surface area contributed by atoms with Gasteiger partial charge in [-0.1, -0.05) is 36.4 Å². The van der Waals surface area contributed by atoms with Crippen molar-refractivity contribution in [3.63, 3.8) is 0 Å². The van der Waals surface area contributed by atoms with Crippen LogP contribution in [-0.4, -0.2) is 24.2 Å². The fourth-order valence-electron chi connectivity index (χ4n) is 3.32. The number of nitrogens with one attached hydrogen (secondary N) is 1. The first-order valence-electron chi connectivity index (χ1n) is 9.16. The van der Waals surface area contributed by atoms with E-state index in [9.17, 15) is 10.1 Å². The Morgan fingerprint density at radius 3 is 2.11 bits per heavy atom. The second-order valence-corrected chi connectivity index (χ2v) is 6.48. The number of carbonyl (C=O) groups is 1. The molecule has 3 rings (SSSR count). The fraction of sp³-hybridized carbons (Fsp3) is 0.217. The number of carbonyl (C=O) groups excluding carboxylic acids is 1. The first kappa shape index (κ1) is 19.2. The topological polar surface area (TPSA) is 67.0 Å². The first-order chi connectivity index (χ1) is 13.5. The van der Waals surface area contributed by atoms with Gasteiger partial charge in [0.05, 0.1) is 12.2 Å². The van der Waals surface area contributed by atoms with Gasteiger partial charge in [0, 0.05) is 31.0 Å². The van der Waals surface area contributed by atoms with E-state index in [2.05, 4.69) is 23.5 Å². The van der Waals surface area contributed by atoms with Gasteiger partial charge in [0.25, 0.3) is 0 Å². The van der Waals surface area contributed by atoms with Crippen molar-refractivity contribution in [1.29, 1.82) is 5.26 Å². The molecule has 0 radical (unpaired) electrons. The van der Waals surface area contributed by atoms with Gasteiger partial charge in [0.15, 0.2) is 0 Å². The van der Waals surface area contributed by atoms with Crippen LogP contribution in [0.25, 0.3) is 22.3 Å². The zero-order chi connectivity index (χ0) is 20.3. The lowest BCUT2D eigenvalue weighted by atomic mass is 9.97. The number of anilines is 1.